The summed E-state index contributed by atoms with van der Waals surface area (Å²) in [6.07, 6.45) is 1.99. The number of carbonyl (C=O) groups excluding carboxylic acids is 3. The van der Waals surface area contributed by atoms with Gasteiger partial charge in [-0.3, -0.25) is 19.3 Å². The number of hydrogen-bond donors (Lipinski definition) is 1. The van der Waals surface area contributed by atoms with Gasteiger partial charge in [0.1, 0.15) is 18.0 Å². The second-order valence-corrected chi connectivity index (χ2v) is 8.53. The molecule has 1 fully saturated rings. The van der Waals surface area contributed by atoms with Crippen LogP contribution in [0.1, 0.15) is 33.6 Å². The van der Waals surface area contributed by atoms with Gasteiger partial charge in [-0.15, -0.1) is 0 Å². The minimum Gasteiger partial charge on any atom is -0.368 e. The molecule has 3 heterocycles. The third kappa shape index (κ3) is 4.84. The highest BCUT2D eigenvalue weighted by Crippen LogP contribution is 2.23. The van der Waals surface area contributed by atoms with Gasteiger partial charge in [-0.1, -0.05) is 30.3 Å². The lowest BCUT2D eigenvalue weighted by atomic mass is 10.1. The standard InChI is InChI=1S/C26H26N6O3/c33-24(11-6-12-32-25(34)20-9-4-5-10-21(20)26(32)35)29-22-17-23(28-18-27-22)31-15-13-30(14-16-31)19-7-2-1-3-8-19/h1-5,7-10,17-18H,6,11-16H2,(H,27,28,29,33). The Kier molecular flexibility index (Phi) is 6.38. The van der Waals surface area contributed by atoms with Crippen molar-refractivity contribution in [3.63, 3.8) is 0 Å². The van der Waals surface area contributed by atoms with Crippen molar-refractivity contribution in [2.75, 3.05) is 47.8 Å². The molecule has 3 aromatic rings. The Bertz CT molecular complexity index is 1210. The number of piperazine rings is 1. The van der Waals surface area contributed by atoms with Crippen LogP contribution in [0.4, 0.5) is 17.3 Å². The van der Waals surface area contributed by atoms with E-state index in [2.05, 4.69) is 37.2 Å². The highest BCUT2D eigenvalue weighted by molar-refractivity contribution is 6.21. The summed E-state index contributed by atoms with van der Waals surface area (Å²) in [4.78, 5) is 51.6. The summed E-state index contributed by atoms with van der Waals surface area (Å²) in [7, 11) is 0. The van der Waals surface area contributed by atoms with E-state index in [1.807, 2.05) is 18.2 Å². The van der Waals surface area contributed by atoms with E-state index in [-0.39, 0.29) is 30.7 Å². The lowest BCUT2D eigenvalue weighted by Crippen LogP contribution is -2.46. The van der Waals surface area contributed by atoms with Crippen LogP contribution in [0, 0.1) is 0 Å². The predicted molar refractivity (Wildman–Crippen MR) is 133 cm³/mol. The molecule has 0 bridgehead atoms. The van der Waals surface area contributed by atoms with Gasteiger partial charge in [-0.05, 0) is 30.7 Å². The van der Waals surface area contributed by atoms with Gasteiger partial charge >= 0.3 is 0 Å². The average molecular weight is 471 g/mol. The van der Waals surface area contributed by atoms with Crippen molar-refractivity contribution in [1.29, 1.82) is 0 Å². The first-order valence-electron chi connectivity index (χ1n) is 11.7. The number of para-hydroxylation sites is 1. The van der Waals surface area contributed by atoms with Crippen LogP contribution in [-0.4, -0.2) is 65.3 Å². The summed E-state index contributed by atoms with van der Waals surface area (Å²) in [5.41, 5.74) is 2.05. The van der Waals surface area contributed by atoms with Gasteiger partial charge in [0, 0.05) is 50.9 Å². The smallest absolute Gasteiger partial charge is 0.261 e. The van der Waals surface area contributed by atoms with Crippen LogP contribution in [0.5, 0.6) is 0 Å². The van der Waals surface area contributed by atoms with E-state index < -0.39 is 0 Å². The molecule has 9 heteroatoms. The molecule has 2 aliphatic rings. The van der Waals surface area contributed by atoms with Crippen molar-refractivity contribution in [2.24, 2.45) is 0 Å². The van der Waals surface area contributed by atoms with Crippen LogP contribution in [0.15, 0.2) is 67.0 Å². The number of amides is 3. The highest BCUT2D eigenvalue weighted by atomic mass is 16.2. The molecule has 35 heavy (non-hydrogen) atoms. The van der Waals surface area contributed by atoms with E-state index in [4.69, 9.17) is 0 Å². The van der Waals surface area contributed by atoms with Crippen LogP contribution >= 0.6 is 0 Å². The minimum atomic E-state index is -0.307. The van der Waals surface area contributed by atoms with E-state index in [0.29, 0.717) is 23.4 Å². The number of carbonyl (C=O) groups is 3. The first-order valence-corrected chi connectivity index (χ1v) is 11.7. The monoisotopic (exact) mass is 470 g/mol. The summed E-state index contributed by atoms with van der Waals surface area (Å²) in [5, 5.41) is 2.81. The van der Waals surface area contributed by atoms with E-state index in [1.165, 1.54) is 16.9 Å². The molecule has 1 aromatic heterocycles. The largest absolute Gasteiger partial charge is 0.368 e. The van der Waals surface area contributed by atoms with Crippen LogP contribution in [-0.2, 0) is 4.79 Å². The summed E-state index contributed by atoms with van der Waals surface area (Å²) < 4.78 is 0. The van der Waals surface area contributed by atoms with Gasteiger partial charge in [-0.2, -0.15) is 0 Å². The Hall–Kier alpha value is -4.27. The highest BCUT2D eigenvalue weighted by Gasteiger charge is 2.34. The molecule has 0 radical (unpaired) electrons. The van der Waals surface area contributed by atoms with Gasteiger partial charge in [-0.25, -0.2) is 9.97 Å². The molecule has 0 aliphatic carbocycles. The molecule has 0 atom stereocenters. The Labute approximate surface area is 203 Å². The van der Waals surface area contributed by atoms with Crippen molar-refractivity contribution in [3.05, 3.63) is 78.1 Å². The fourth-order valence-electron chi connectivity index (χ4n) is 4.47. The number of fused-ring (bicyclic) bond motifs is 1. The molecule has 0 saturated carbocycles. The summed E-state index contributed by atoms with van der Waals surface area (Å²) >= 11 is 0. The first-order chi connectivity index (χ1) is 17.1. The SMILES string of the molecule is O=C(CCCN1C(=O)c2ccccc2C1=O)Nc1cc(N2CCN(c3ccccc3)CC2)ncn1. The van der Waals surface area contributed by atoms with Crippen molar-refractivity contribution in [3.8, 4) is 0 Å². The third-order valence-corrected chi connectivity index (χ3v) is 6.31. The zero-order valence-electron chi connectivity index (χ0n) is 19.3. The van der Waals surface area contributed by atoms with Gasteiger partial charge in [0.2, 0.25) is 5.91 Å². The molecule has 5 rings (SSSR count). The molecule has 178 valence electrons. The number of anilines is 3. The summed E-state index contributed by atoms with van der Waals surface area (Å²) in [6, 6.07) is 18.9. The second-order valence-electron chi connectivity index (χ2n) is 8.53. The summed E-state index contributed by atoms with van der Waals surface area (Å²) in [5.74, 6) is 0.373. The normalized spacial score (nSPS) is 15.4. The van der Waals surface area contributed by atoms with Crippen molar-refractivity contribution < 1.29 is 14.4 Å². The maximum absolute atomic E-state index is 12.5. The summed E-state index contributed by atoms with van der Waals surface area (Å²) in [6.45, 7) is 3.60. The molecular formula is C26H26N6O3. The quantitative estimate of drug-likeness (QED) is 0.530. The number of aromatic nitrogens is 2. The van der Waals surface area contributed by atoms with E-state index in [1.54, 1.807) is 30.3 Å². The molecule has 0 unspecified atom stereocenters. The Balaban J connectivity index is 1.11. The van der Waals surface area contributed by atoms with Crippen LogP contribution in [0.2, 0.25) is 0 Å². The number of rotatable bonds is 7. The number of imide groups is 1. The maximum atomic E-state index is 12.5. The second kappa shape index (κ2) is 9.92. The van der Waals surface area contributed by atoms with Crippen molar-refractivity contribution >= 4 is 35.0 Å². The topological polar surface area (TPSA) is 98.7 Å². The Morgan fingerprint density at radius 1 is 0.829 bits per heavy atom. The Morgan fingerprint density at radius 2 is 1.46 bits per heavy atom. The molecule has 1 saturated heterocycles. The van der Waals surface area contributed by atoms with E-state index in [9.17, 15) is 14.4 Å². The molecular weight excluding hydrogens is 444 g/mol. The first kappa shape index (κ1) is 22.5. The maximum Gasteiger partial charge on any atom is 0.261 e. The van der Waals surface area contributed by atoms with Gasteiger partial charge < -0.3 is 15.1 Å². The zero-order valence-corrected chi connectivity index (χ0v) is 19.3. The van der Waals surface area contributed by atoms with Gasteiger partial charge in [0.05, 0.1) is 11.1 Å². The molecule has 2 aromatic carbocycles. The lowest BCUT2D eigenvalue weighted by Gasteiger charge is -2.36. The molecule has 3 amide bonds. The molecule has 9 nitrogen and oxygen atoms in total. The number of hydrogen-bond acceptors (Lipinski definition) is 7. The average Bonchev–Trinajstić information content (AvgIpc) is 3.14. The van der Waals surface area contributed by atoms with Crippen LogP contribution in [0.3, 0.4) is 0 Å². The van der Waals surface area contributed by atoms with Gasteiger partial charge in [0.15, 0.2) is 0 Å². The van der Waals surface area contributed by atoms with E-state index >= 15 is 0 Å². The molecule has 1 N–H and O–H groups in total. The lowest BCUT2D eigenvalue weighted by molar-refractivity contribution is -0.116. The number of nitrogens with zero attached hydrogens (tertiary/aromatic N) is 5. The van der Waals surface area contributed by atoms with Crippen LogP contribution < -0.4 is 15.1 Å². The predicted octanol–water partition coefficient (Wildman–Crippen LogP) is 2.82. The van der Waals surface area contributed by atoms with Gasteiger partial charge in [0.25, 0.3) is 11.8 Å². The zero-order chi connectivity index (χ0) is 24.2. The third-order valence-electron chi connectivity index (χ3n) is 6.31. The fraction of sp³-hybridized carbons (Fsp3) is 0.269. The van der Waals surface area contributed by atoms with Crippen molar-refractivity contribution in [2.45, 2.75) is 12.8 Å². The number of nitrogens with one attached hydrogen (secondary N) is 1. The van der Waals surface area contributed by atoms with Crippen molar-refractivity contribution in [1.82, 2.24) is 14.9 Å². The molecule has 0 spiro atoms. The Morgan fingerprint density at radius 3 is 2.14 bits per heavy atom. The minimum absolute atomic E-state index is 0.169. The van der Waals surface area contributed by atoms with Crippen LogP contribution in [0.25, 0.3) is 0 Å². The van der Waals surface area contributed by atoms with E-state index in [0.717, 1.165) is 32.0 Å². The molecule has 2 aliphatic heterocycles. The number of benzene rings is 2. The fourth-order valence-corrected chi connectivity index (χ4v) is 4.47.